The zero-order valence-corrected chi connectivity index (χ0v) is 22.3. The molecule has 0 saturated heterocycles. The summed E-state index contributed by atoms with van der Waals surface area (Å²) in [5.74, 6) is -0.753. The van der Waals surface area contributed by atoms with E-state index in [9.17, 15) is 28.4 Å². The number of sulfonamides is 1. The number of hydrogen-bond donors (Lipinski definition) is 3. The average Bonchev–Trinajstić information content (AvgIpc) is 3.26. The number of nitrogens with zero attached hydrogens (tertiary/aromatic N) is 5. The third-order valence-corrected chi connectivity index (χ3v) is 7.70. The number of nitrogens with one attached hydrogen (secondary N) is 2. The minimum atomic E-state index is -3.85. The Kier molecular flexibility index (Phi) is 8.60. The van der Waals surface area contributed by atoms with Crippen molar-refractivity contribution in [1.82, 2.24) is 9.97 Å². The van der Waals surface area contributed by atoms with Gasteiger partial charge in [-0.3, -0.25) is 14.8 Å². The Labute approximate surface area is 231 Å². The van der Waals surface area contributed by atoms with Crippen molar-refractivity contribution in [3.63, 3.8) is 0 Å². The zero-order chi connectivity index (χ0) is 28.7. The average molecular weight is 584 g/mol. The summed E-state index contributed by atoms with van der Waals surface area (Å²) in [6.07, 6.45) is 1.71. The molecule has 0 spiro atoms. The maximum absolute atomic E-state index is 12.8. The van der Waals surface area contributed by atoms with Crippen LogP contribution in [0.4, 0.5) is 22.3 Å². The Bertz CT molecular complexity index is 1660. The number of carbonyl (C=O) groups is 1. The highest BCUT2D eigenvalue weighted by Gasteiger charge is 2.17. The first-order valence-corrected chi connectivity index (χ1v) is 13.7. The lowest BCUT2D eigenvalue weighted by molar-refractivity contribution is -0.757. The van der Waals surface area contributed by atoms with Crippen molar-refractivity contribution in [1.29, 1.82) is 0 Å². The maximum Gasteiger partial charge on any atom is 0.294 e. The number of phenols is 1. The molecule has 0 unspecified atom stereocenters. The van der Waals surface area contributed by atoms with Gasteiger partial charge in [-0.25, -0.2) is 18.4 Å². The van der Waals surface area contributed by atoms with Gasteiger partial charge in [-0.2, -0.15) is 10.2 Å². The fraction of sp³-hybridized carbons (Fsp3) is 0.125. The monoisotopic (exact) mass is 583 g/mol. The summed E-state index contributed by atoms with van der Waals surface area (Å²) in [7, 11) is -3.85. The second kappa shape index (κ2) is 12.3. The quantitative estimate of drug-likeness (QED) is 0.126. The fourth-order valence-electron chi connectivity index (χ4n) is 3.29. The van der Waals surface area contributed by atoms with Crippen LogP contribution in [0, 0.1) is 17.0 Å². The molecule has 2 aromatic heterocycles. The predicted molar refractivity (Wildman–Crippen MR) is 145 cm³/mol. The van der Waals surface area contributed by atoms with Crippen molar-refractivity contribution in [3.05, 3.63) is 93.1 Å². The predicted octanol–water partition coefficient (Wildman–Crippen LogP) is 4.77. The molecule has 0 radical (unpaired) electrons. The van der Waals surface area contributed by atoms with Crippen LogP contribution >= 0.6 is 11.3 Å². The maximum atomic E-state index is 12.8. The fourth-order valence-corrected chi connectivity index (χ4v) is 5.23. The minimum Gasteiger partial charge on any atom is -0.507 e. The van der Waals surface area contributed by atoms with Crippen molar-refractivity contribution >= 4 is 49.6 Å². The second-order valence-electron chi connectivity index (χ2n) is 8.00. The van der Waals surface area contributed by atoms with Gasteiger partial charge in [0.25, 0.3) is 21.0 Å². The molecular weight excluding hydrogens is 562 g/mol. The molecule has 16 heteroatoms. The molecule has 0 fully saturated rings. The van der Waals surface area contributed by atoms with Gasteiger partial charge in [-0.1, -0.05) is 6.07 Å². The van der Waals surface area contributed by atoms with Crippen molar-refractivity contribution < 1.29 is 28.2 Å². The Morgan fingerprint density at radius 3 is 2.55 bits per heavy atom. The van der Waals surface area contributed by atoms with Crippen molar-refractivity contribution in [3.8, 4) is 5.75 Å². The molecule has 14 nitrogen and oxygen atoms in total. The Balaban J connectivity index is 1.42. The highest BCUT2D eigenvalue weighted by Crippen LogP contribution is 2.28. The molecule has 2 heterocycles. The third-order valence-electron chi connectivity index (χ3n) is 5.20. The third kappa shape index (κ3) is 7.33. The molecule has 0 aliphatic rings. The van der Waals surface area contributed by atoms with Crippen LogP contribution in [0.2, 0.25) is 0 Å². The number of pyridine rings is 1. The van der Waals surface area contributed by atoms with Gasteiger partial charge in [0.15, 0.2) is 5.13 Å². The summed E-state index contributed by atoms with van der Waals surface area (Å²) in [6.45, 7) is 1.56. The van der Waals surface area contributed by atoms with E-state index in [2.05, 4.69) is 35.1 Å². The van der Waals surface area contributed by atoms with Crippen LogP contribution in [0.3, 0.4) is 0 Å². The van der Waals surface area contributed by atoms with E-state index < -0.39 is 21.0 Å². The van der Waals surface area contributed by atoms with E-state index >= 15 is 0 Å². The molecule has 40 heavy (non-hydrogen) atoms. The van der Waals surface area contributed by atoms with E-state index in [4.69, 9.17) is 0 Å². The van der Waals surface area contributed by atoms with Crippen LogP contribution in [0.5, 0.6) is 5.75 Å². The van der Waals surface area contributed by atoms with E-state index in [0.29, 0.717) is 16.3 Å². The summed E-state index contributed by atoms with van der Waals surface area (Å²) < 4.78 is 27.5. The van der Waals surface area contributed by atoms with Crippen molar-refractivity contribution in [2.45, 2.75) is 18.2 Å². The first-order valence-electron chi connectivity index (χ1n) is 11.4. The van der Waals surface area contributed by atoms with Gasteiger partial charge in [-0.05, 0) is 61.5 Å². The number of aryl methyl sites for hydroxylation is 1. The van der Waals surface area contributed by atoms with E-state index in [-0.39, 0.29) is 45.9 Å². The number of rotatable bonds is 11. The smallest absolute Gasteiger partial charge is 0.294 e. The number of phenolic OH excluding ortho intramolecular Hbond substituents is 1. The van der Waals surface area contributed by atoms with E-state index in [1.54, 1.807) is 19.1 Å². The van der Waals surface area contributed by atoms with Crippen LogP contribution in [0.15, 0.2) is 82.0 Å². The molecule has 1 amide bonds. The van der Waals surface area contributed by atoms with Gasteiger partial charge in [-0.15, -0.1) is 21.5 Å². The zero-order valence-electron chi connectivity index (χ0n) is 20.7. The van der Waals surface area contributed by atoms with Gasteiger partial charge < -0.3 is 9.94 Å². The normalized spacial score (nSPS) is 11.3. The number of benzene rings is 2. The molecule has 0 aliphatic carbocycles. The number of aromatic nitrogens is 2. The van der Waals surface area contributed by atoms with Crippen LogP contribution in [-0.4, -0.2) is 41.1 Å². The van der Waals surface area contributed by atoms with Crippen LogP contribution in [0.1, 0.15) is 20.9 Å². The van der Waals surface area contributed by atoms with Crippen LogP contribution < -0.4 is 10.0 Å². The summed E-state index contributed by atoms with van der Waals surface area (Å²) in [6, 6.07) is 14.6. The SMILES string of the molecule is Cc1nc(NC(=O)c2cc(N=Nc3ccc(S(=O)(=O)Nc4ccccn4)cc3)ccc2O)sc1CCO[N+](=O)[O-]. The molecule has 3 N–H and O–H groups in total. The van der Waals surface area contributed by atoms with Crippen LogP contribution in [-0.2, 0) is 21.3 Å². The van der Waals surface area contributed by atoms with Gasteiger partial charge in [0.2, 0.25) is 0 Å². The molecule has 206 valence electrons. The number of hydrogen-bond acceptors (Lipinski definition) is 12. The summed E-state index contributed by atoms with van der Waals surface area (Å²) in [4.78, 5) is 36.3. The molecule has 0 atom stereocenters. The number of anilines is 2. The summed E-state index contributed by atoms with van der Waals surface area (Å²) >= 11 is 1.13. The standard InChI is InChI=1S/C24H21N7O7S2/c1-15-21(11-13-38-31(34)35)39-24(26-15)27-23(33)19-14-17(7-10-20(19)32)29-28-16-5-8-18(9-6-16)40(36,37)30-22-4-2-3-12-25-22/h2-10,12,14,32H,11,13H2,1H3,(H,25,30)(H,26,27,33). The number of azo groups is 1. The van der Waals surface area contributed by atoms with Crippen molar-refractivity contribution in [2.24, 2.45) is 10.2 Å². The number of carbonyl (C=O) groups excluding carboxylic acids is 1. The Morgan fingerprint density at radius 2 is 1.85 bits per heavy atom. The van der Waals surface area contributed by atoms with Crippen molar-refractivity contribution in [2.75, 3.05) is 16.6 Å². The van der Waals surface area contributed by atoms with E-state index in [1.807, 2.05) is 0 Å². The molecule has 0 saturated carbocycles. The van der Waals surface area contributed by atoms with Gasteiger partial charge in [0, 0.05) is 17.5 Å². The minimum absolute atomic E-state index is 0.00610. The Morgan fingerprint density at radius 1 is 1.12 bits per heavy atom. The lowest BCUT2D eigenvalue weighted by Crippen LogP contribution is -2.13. The highest BCUT2D eigenvalue weighted by atomic mass is 32.2. The number of aromatic hydroxyl groups is 1. The summed E-state index contributed by atoms with van der Waals surface area (Å²) in [5.41, 5.74) is 1.11. The Hall–Kier alpha value is -4.96. The van der Waals surface area contributed by atoms with Gasteiger partial charge in [0.05, 0.1) is 27.5 Å². The number of thiazole rings is 1. The first kappa shape index (κ1) is 28.1. The molecule has 4 aromatic rings. The second-order valence-corrected chi connectivity index (χ2v) is 10.8. The molecular formula is C24H21N7O7S2. The number of amides is 1. The molecule has 2 aromatic carbocycles. The lowest BCUT2D eigenvalue weighted by atomic mass is 10.1. The summed E-state index contributed by atoms with van der Waals surface area (Å²) in [5, 5.41) is 30.6. The van der Waals surface area contributed by atoms with E-state index in [0.717, 1.165) is 11.3 Å². The van der Waals surface area contributed by atoms with Gasteiger partial charge >= 0.3 is 0 Å². The van der Waals surface area contributed by atoms with Gasteiger partial charge in [0.1, 0.15) is 18.2 Å². The molecule has 4 rings (SSSR count). The largest absolute Gasteiger partial charge is 0.507 e. The molecule has 0 bridgehead atoms. The molecule has 0 aliphatic heterocycles. The highest BCUT2D eigenvalue weighted by molar-refractivity contribution is 7.92. The van der Waals surface area contributed by atoms with Crippen LogP contribution in [0.25, 0.3) is 0 Å². The lowest BCUT2D eigenvalue weighted by Gasteiger charge is -2.07. The van der Waals surface area contributed by atoms with E-state index in [1.165, 1.54) is 54.7 Å². The first-order chi connectivity index (χ1) is 19.1. The topological polar surface area (TPSA) is 198 Å².